The van der Waals surface area contributed by atoms with Gasteiger partial charge in [0.25, 0.3) is 0 Å². The molecule has 0 aromatic heterocycles. The van der Waals surface area contributed by atoms with Crippen LogP contribution >= 0.6 is 0 Å². The topological polar surface area (TPSA) is 73.8 Å². The van der Waals surface area contributed by atoms with Crippen molar-refractivity contribution in [2.75, 3.05) is 31.9 Å². The van der Waals surface area contributed by atoms with Gasteiger partial charge in [-0.1, -0.05) is 6.92 Å². The Balaban J connectivity index is 2.47. The average Bonchev–Trinajstić information content (AvgIpc) is 2.69. The van der Waals surface area contributed by atoms with Gasteiger partial charge in [-0.15, -0.1) is 0 Å². The first-order valence-corrected chi connectivity index (χ1v) is 8.63. The van der Waals surface area contributed by atoms with E-state index in [1.54, 1.807) is 0 Å². The van der Waals surface area contributed by atoms with E-state index < -0.39 is 10.0 Å². The molecule has 112 valence electrons. The number of guanidine groups is 1. The molecule has 19 heavy (non-hydrogen) atoms. The molecule has 2 N–H and O–H groups in total. The standard InChI is InChI=1S/C12H26N4O2S/c1-4-11(3)15-12(13-5-2)14-7-9-16-8-6-10-19(16,17)18/h11H,4-10H2,1-3H3,(H2,13,14,15). The fourth-order valence-electron chi connectivity index (χ4n) is 1.87. The highest BCUT2D eigenvalue weighted by Gasteiger charge is 2.27. The zero-order chi connectivity index (χ0) is 14.3. The lowest BCUT2D eigenvalue weighted by atomic mass is 10.3. The molecule has 1 heterocycles. The van der Waals surface area contributed by atoms with Crippen LogP contribution < -0.4 is 10.6 Å². The minimum atomic E-state index is -3.00. The Kier molecular flexibility index (Phi) is 6.57. The largest absolute Gasteiger partial charge is 0.357 e. The lowest BCUT2D eigenvalue weighted by molar-refractivity contribution is 0.451. The molecule has 0 radical (unpaired) electrons. The molecule has 0 aliphatic carbocycles. The fourth-order valence-corrected chi connectivity index (χ4v) is 3.39. The molecule has 1 aliphatic heterocycles. The zero-order valence-corrected chi connectivity index (χ0v) is 13.0. The molecule has 0 amide bonds. The van der Waals surface area contributed by atoms with E-state index >= 15 is 0 Å². The van der Waals surface area contributed by atoms with E-state index in [9.17, 15) is 8.42 Å². The van der Waals surface area contributed by atoms with Crippen LogP contribution in [0.25, 0.3) is 0 Å². The number of nitrogens with one attached hydrogen (secondary N) is 2. The highest BCUT2D eigenvalue weighted by atomic mass is 32.2. The highest BCUT2D eigenvalue weighted by molar-refractivity contribution is 7.89. The second kappa shape index (κ2) is 7.69. The maximum atomic E-state index is 11.6. The Morgan fingerprint density at radius 3 is 2.68 bits per heavy atom. The summed E-state index contributed by atoms with van der Waals surface area (Å²) in [5.41, 5.74) is 0. The first-order valence-electron chi connectivity index (χ1n) is 7.02. The predicted molar refractivity (Wildman–Crippen MR) is 78.8 cm³/mol. The predicted octanol–water partition coefficient (Wildman–Crippen LogP) is 0.376. The van der Waals surface area contributed by atoms with Crippen LogP contribution in [0.15, 0.2) is 4.99 Å². The van der Waals surface area contributed by atoms with E-state index in [1.807, 2.05) is 6.92 Å². The number of hydrogen-bond acceptors (Lipinski definition) is 3. The molecule has 0 bridgehead atoms. The Morgan fingerprint density at radius 1 is 1.42 bits per heavy atom. The van der Waals surface area contributed by atoms with Gasteiger partial charge < -0.3 is 10.6 Å². The minimum absolute atomic E-state index is 0.280. The minimum Gasteiger partial charge on any atom is -0.357 e. The second-order valence-electron chi connectivity index (χ2n) is 4.78. The monoisotopic (exact) mass is 290 g/mol. The first-order chi connectivity index (χ1) is 8.99. The van der Waals surface area contributed by atoms with Gasteiger partial charge in [0.05, 0.1) is 12.3 Å². The van der Waals surface area contributed by atoms with E-state index in [-0.39, 0.29) is 5.75 Å². The number of hydrogen-bond donors (Lipinski definition) is 2. The maximum absolute atomic E-state index is 11.6. The molecule has 1 rings (SSSR count). The molecule has 1 saturated heterocycles. The van der Waals surface area contributed by atoms with E-state index in [4.69, 9.17) is 0 Å². The third kappa shape index (κ3) is 5.36. The Bertz CT molecular complexity index is 395. The molecule has 7 heteroatoms. The lowest BCUT2D eigenvalue weighted by Crippen LogP contribution is -2.42. The Hall–Kier alpha value is -0.820. The number of nitrogens with zero attached hydrogens (tertiary/aromatic N) is 2. The van der Waals surface area contributed by atoms with Crippen LogP contribution in [0, 0.1) is 0 Å². The summed E-state index contributed by atoms with van der Waals surface area (Å²) in [4.78, 5) is 4.42. The first kappa shape index (κ1) is 16.2. The smallest absolute Gasteiger partial charge is 0.214 e. The van der Waals surface area contributed by atoms with Crippen molar-refractivity contribution in [1.29, 1.82) is 0 Å². The van der Waals surface area contributed by atoms with E-state index in [1.165, 1.54) is 4.31 Å². The normalized spacial score (nSPS) is 21.3. The maximum Gasteiger partial charge on any atom is 0.214 e. The Morgan fingerprint density at radius 2 is 2.16 bits per heavy atom. The van der Waals surface area contributed by atoms with Gasteiger partial charge >= 0.3 is 0 Å². The average molecular weight is 290 g/mol. The molecule has 0 saturated carbocycles. The zero-order valence-electron chi connectivity index (χ0n) is 12.1. The molecule has 0 aromatic carbocycles. The molecular weight excluding hydrogens is 264 g/mol. The van der Waals surface area contributed by atoms with Crippen molar-refractivity contribution >= 4 is 16.0 Å². The fraction of sp³-hybridized carbons (Fsp3) is 0.917. The molecule has 1 aliphatic rings. The molecule has 0 spiro atoms. The summed E-state index contributed by atoms with van der Waals surface area (Å²) in [6.07, 6.45) is 1.75. The van der Waals surface area contributed by atoms with Gasteiger partial charge in [-0.05, 0) is 26.7 Å². The van der Waals surface area contributed by atoms with Crippen molar-refractivity contribution in [3.63, 3.8) is 0 Å². The van der Waals surface area contributed by atoms with Crippen LogP contribution in [0.5, 0.6) is 0 Å². The van der Waals surface area contributed by atoms with Crippen molar-refractivity contribution in [2.24, 2.45) is 4.99 Å². The van der Waals surface area contributed by atoms with Gasteiger partial charge in [-0.3, -0.25) is 4.99 Å². The van der Waals surface area contributed by atoms with Crippen LogP contribution in [-0.2, 0) is 10.0 Å². The van der Waals surface area contributed by atoms with Crippen LogP contribution in [0.1, 0.15) is 33.6 Å². The van der Waals surface area contributed by atoms with Crippen molar-refractivity contribution in [2.45, 2.75) is 39.7 Å². The third-order valence-electron chi connectivity index (χ3n) is 3.16. The van der Waals surface area contributed by atoms with Gasteiger partial charge in [-0.2, -0.15) is 0 Å². The summed E-state index contributed by atoms with van der Waals surface area (Å²) in [6, 6.07) is 0.355. The van der Waals surface area contributed by atoms with Gasteiger partial charge in [0.1, 0.15) is 0 Å². The summed E-state index contributed by atoms with van der Waals surface area (Å²) >= 11 is 0. The third-order valence-corrected chi connectivity index (χ3v) is 5.12. The lowest BCUT2D eigenvalue weighted by Gasteiger charge is -2.17. The summed E-state index contributed by atoms with van der Waals surface area (Å²) in [5.74, 6) is 1.04. The molecule has 0 aromatic rings. The summed E-state index contributed by atoms with van der Waals surface area (Å²) in [7, 11) is -3.00. The molecule has 1 unspecified atom stereocenters. The van der Waals surface area contributed by atoms with Crippen molar-refractivity contribution in [3.05, 3.63) is 0 Å². The molecule has 6 nitrogen and oxygen atoms in total. The summed E-state index contributed by atoms with van der Waals surface area (Å²) < 4.78 is 24.8. The second-order valence-corrected chi connectivity index (χ2v) is 6.87. The van der Waals surface area contributed by atoms with Crippen LogP contribution in [0.2, 0.25) is 0 Å². The van der Waals surface area contributed by atoms with Gasteiger partial charge in [0.2, 0.25) is 10.0 Å². The quantitative estimate of drug-likeness (QED) is 0.548. The van der Waals surface area contributed by atoms with Gasteiger partial charge in [0.15, 0.2) is 5.96 Å². The van der Waals surface area contributed by atoms with Crippen molar-refractivity contribution < 1.29 is 8.42 Å². The van der Waals surface area contributed by atoms with E-state index in [0.717, 1.165) is 25.3 Å². The van der Waals surface area contributed by atoms with Crippen LogP contribution in [-0.4, -0.2) is 56.7 Å². The summed E-state index contributed by atoms with van der Waals surface area (Å²) in [5, 5.41) is 6.45. The number of rotatable bonds is 6. The Labute approximate surface area is 116 Å². The van der Waals surface area contributed by atoms with Gasteiger partial charge in [-0.25, -0.2) is 12.7 Å². The molecule has 1 atom stereocenters. The van der Waals surface area contributed by atoms with E-state index in [0.29, 0.717) is 25.7 Å². The van der Waals surface area contributed by atoms with Crippen molar-refractivity contribution in [1.82, 2.24) is 14.9 Å². The van der Waals surface area contributed by atoms with E-state index in [2.05, 4.69) is 29.5 Å². The number of sulfonamides is 1. The molecular formula is C12H26N4O2S. The SMILES string of the molecule is CCNC(=NCCN1CCCS1(=O)=O)NC(C)CC. The van der Waals surface area contributed by atoms with Crippen molar-refractivity contribution in [3.8, 4) is 0 Å². The van der Waals surface area contributed by atoms with Gasteiger partial charge in [0, 0.05) is 25.7 Å². The highest BCUT2D eigenvalue weighted by Crippen LogP contribution is 2.12. The molecule has 1 fully saturated rings. The van der Waals surface area contributed by atoms with Crippen LogP contribution in [0.3, 0.4) is 0 Å². The summed E-state index contributed by atoms with van der Waals surface area (Å²) in [6.45, 7) is 8.61. The van der Waals surface area contributed by atoms with Crippen LogP contribution in [0.4, 0.5) is 0 Å². The number of aliphatic imine (C=N–C) groups is 1.